The van der Waals surface area contributed by atoms with Crippen molar-refractivity contribution >= 4 is 11.6 Å². The Morgan fingerprint density at radius 3 is 2.84 bits per heavy atom. The second-order valence-corrected chi connectivity index (χ2v) is 7.76. The van der Waals surface area contributed by atoms with Crippen molar-refractivity contribution in [2.24, 2.45) is 0 Å². The van der Waals surface area contributed by atoms with Crippen LogP contribution in [-0.4, -0.2) is 34.5 Å². The number of carbonyl (C=O) groups excluding carboxylic acids is 1. The number of anilines is 1. The summed E-state index contributed by atoms with van der Waals surface area (Å²) in [6.45, 7) is 0.370. The van der Waals surface area contributed by atoms with Crippen LogP contribution >= 0.6 is 0 Å². The van der Waals surface area contributed by atoms with Gasteiger partial charge in [0.15, 0.2) is 11.5 Å². The van der Waals surface area contributed by atoms with Crippen molar-refractivity contribution in [3.8, 4) is 23.0 Å². The molecular formula is C24H22N2O6. The van der Waals surface area contributed by atoms with Gasteiger partial charge in [0.25, 0.3) is 5.91 Å². The van der Waals surface area contributed by atoms with E-state index in [1.165, 1.54) is 6.07 Å². The van der Waals surface area contributed by atoms with E-state index in [9.17, 15) is 15.0 Å². The van der Waals surface area contributed by atoms with E-state index < -0.39 is 0 Å². The van der Waals surface area contributed by atoms with Crippen molar-refractivity contribution in [2.75, 3.05) is 18.7 Å². The predicted octanol–water partition coefficient (Wildman–Crippen LogP) is 3.37. The number of nitrogens with zero attached hydrogens (tertiary/aromatic N) is 1. The number of carbonyl (C=O) groups is 1. The van der Waals surface area contributed by atoms with E-state index in [1.807, 2.05) is 12.1 Å². The van der Waals surface area contributed by atoms with Crippen molar-refractivity contribution in [3.63, 3.8) is 0 Å². The summed E-state index contributed by atoms with van der Waals surface area (Å²) >= 11 is 0. The lowest BCUT2D eigenvalue weighted by molar-refractivity contribution is 0.102. The van der Waals surface area contributed by atoms with Crippen LogP contribution in [0.5, 0.6) is 23.0 Å². The van der Waals surface area contributed by atoms with Crippen LogP contribution in [0, 0.1) is 0 Å². The van der Waals surface area contributed by atoms with Crippen molar-refractivity contribution in [1.29, 1.82) is 0 Å². The van der Waals surface area contributed by atoms with Crippen LogP contribution in [-0.2, 0) is 13.0 Å². The predicted molar refractivity (Wildman–Crippen MR) is 115 cm³/mol. The number of para-hydroxylation sites is 1. The zero-order chi connectivity index (χ0) is 22.1. The molecule has 2 aromatic carbocycles. The van der Waals surface area contributed by atoms with Crippen LogP contribution < -0.4 is 19.5 Å². The third-order valence-corrected chi connectivity index (χ3v) is 5.67. The van der Waals surface area contributed by atoms with Gasteiger partial charge in [-0.1, -0.05) is 12.1 Å². The Kier molecular flexibility index (Phi) is 5.28. The Hall–Kier alpha value is -3.78. The monoisotopic (exact) mass is 434 g/mol. The molecule has 0 bridgehead atoms. The zero-order valence-corrected chi connectivity index (χ0v) is 17.2. The molecule has 1 atom stereocenters. The molecule has 164 valence electrons. The SMILES string of the molecule is O=C(Nc1ccc2c(c1)OCO2)c1cccc2c1OCCC(c1ncc(CO)cc1O)C2. The van der Waals surface area contributed by atoms with Gasteiger partial charge in [0.05, 0.1) is 24.5 Å². The molecule has 0 fully saturated rings. The number of fused-ring (bicyclic) bond motifs is 2. The fraction of sp³-hybridized carbons (Fsp3) is 0.250. The molecule has 0 aliphatic carbocycles. The number of hydrogen-bond donors (Lipinski definition) is 3. The number of benzene rings is 2. The average Bonchev–Trinajstić information content (AvgIpc) is 3.16. The minimum absolute atomic E-state index is 0.0571. The second-order valence-electron chi connectivity index (χ2n) is 7.76. The van der Waals surface area contributed by atoms with Gasteiger partial charge < -0.3 is 29.7 Å². The Morgan fingerprint density at radius 1 is 1.12 bits per heavy atom. The standard InChI is InChI=1S/C24H22N2O6/c27-12-14-8-19(28)22(25-11-14)15-6-7-30-23-16(9-15)2-1-3-18(23)24(29)26-17-4-5-20-21(10-17)32-13-31-20/h1-5,8,10-11,15,27-28H,6-7,9,12-13H2,(H,26,29). The van der Waals surface area contributed by atoms with Gasteiger partial charge >= 0.3 is 0 Å². The molecule has 2 aliphatic heterocycles. The Morgan fingerprint density at radius 2 is 2.00 bits per heavy atom. The van der Waals surface area contributed by atoms with Crippen LogP contribution in [0.2, 0.25) is 0 Å². The molecule has 1 amide bonds. The van der Waals surface area contributed by atoms with Gasteiger partial charge in [0, 0.05) is 23.9 Å². The molecule has 3 heterocycles. The summed E-state index contributed by atoms with van der Waals surface area (Å²) in [6, 6.07) is 12.2. The summed E-state index contributed by atoms with van der Waals surface area (Å²) < 4.78 is 16.7. The lowest BCUT2D eigenvalue weighted by atomic mass is 9.91. The number of amides is 1. The first-order valence-corrected chi connectivity index (χ1v) is 10.4. The Bertz CT molecular complexity index is 1180. The lowest BCUT2D eigenvalue weighted by Crippen LogP contribution is -2.14. The molecule has 0 saturated carbocycles. The summed E-state index contributed by atoms with van der Waals surface area (Å²) in [6.07, 6.45) is 2.77. The molecule has 0 saturated heterocycles. The summed E-state index contributed by atoms with van der Waals surface area (Å²) in [5.74, 6) is 1.48. The molecule has 8 nitrogen and oxygen atoms in total. The topological polar surface area (TPSA) is 110 Å². The van der Waals surface area contributed by atoms with E-state index in [1.54, 1.807) is 30.5 Å². The van der Waals surface area contributed by atoms with Crippen LogP contribution in [0.15, 0.2) is 48.7 Å². The van der Waals surface area contributed by atoms with E-state index in [0.29, 0.717) is 59.2 Å². The number of rotatable bonds is 4. The molecule has 32 heavy (non-hydrogen) atoms. The van der Waals surface area contributed by atoms with Gasteiger partial charge in [0.2, 0.25) is 6.79 Å². The van der Waals surface area contributed by atoms with Crippen LogP contribution in [0.1, 0.15) is 39.5 Å². The minimum atomic E-state index is -0.285. The molecule has 3 N–H and O–H groups in total. The summed E-state index contributed by atoms with van der Waals surface area (Å²) in [7, 11) is 0. The number of nitrogens with one attached hydrogen (secondary N) is 1. The molecule has 3 aromatic rings. The number of aliphatic hydroxyl groups is 1. The maximum absolute atomic E-state index is 13.0. The molecule has 5 rings (SSSR count). The molecule has 8 heteroatoms. The first kappa shape index (κ1) is 20.1. The lowest BCUT2D eigenvalue weighted by Gasteiger charge is -2.15. The molecule has 0 radical (unpaired) electrons. The fourth-order valence-electron chi connectivity index (χ4n) is 4.08. The number of aromatic nitrogens is 1. The van der Waals surface area contributed by atoms with E-state index in [2.05, 4.69) is 10.3 Å². The smallest absolute Gasteiger partial charge is 0.259 e. The third-order valence-electron chi connectivity index (χ3n) is 5.67. The van der Waals surface area contributed by atoms with Gasteiger partial charge in [-0.25, -0.2) is 0 Å². The average molecular weight is 434 g/mol. The maximum Gasteiger partial charge on any atom is 0.259 e. The number of hydrogen-bond acceptors (Lipinski definition) is 7. The summed E-state index contributed by atoms with van der Waals surface area (Å²) in [4.78, 5) is 17.4. The van der Waals surface area contributed by atoms with Crippen LogP contribution in [0.25, 0.3) is 0 Å². The first-order valence-electron chi connectivity index (χ1n) is 10.4. The zero-order valence-electron chi connectivity index (χ0n) is 17.2. The number of aliphatic hydroxyl groups excluding tert-OH is 1. The molecule has 1 aromatic heterocycles. The van der Waals surface area contributed by atoms with Crippen LogP contribution in [0.4, 0.5) is 5.69 Å². The Labute approximate surface area is 184 Å². The van der Waals surface area contributed by atoms with E-state index >= 15 is 0 Å². The largest absolute Gasteiger partial charge is 0.506 e. The number of ether oxygens (including phenoxy) is 3. The third kappa shape index (κ3) is 3.80. The van der Waals surface area contributed by atoms with Gasteiger partial charge in [-0.05, 0) is 48.2 Å². The second kappa shape index (κ2) is 8.39. The van der Waals surface area contributed by atoms with Crippen molar-refractivity contribution in [3.05, 3.63) is 71.0 Å². The molecule has 0 spiro atoms. The van der Waals surface area contributed by atoms with Gasteiger partial charge in [-0.2, -0.15) is 0 Å². The number of aromatic hydroxyl groups is 1. The van der Waals surface area contributed by atoms with Gasteiger partial charge in [-0.15, -0.1) is 0 Å². The van der Waals surface area contributed by atoms with Gasteiger partial charge in [-0.3, -0.25) is 9.78 Å². The highest BCUT2D eigenvalue weighted by Crippen LogP contribution is 2.38. The minimum Gasteiger partial charge on any atom is -0.506 e. The Balaban J connectivity index is 1.39. The summed E-state index contributed by atoms with van der Waals surface area (Å²) in [5.41, 5.74) is 3.03. The van der Waals surface area contributed by atoms with E-state index in [0.717, 1.165) is 5.56 Å². The van der Waals surface area contributed by atoms with Gasteiger partial charge in [0.1, 0.15) is 11.5 Å². The number of pyridine rings is 1. The molecular weight excluding hydrogens is 412 g/mol. The first-order chi connectivity index (χ1) is 15.6. The van der Waals surface area contributed by atoms with E-state index in [-0.39, 0.29) is 31.0 Å². The van der Waals surface area contributed by atoms with Crippen molar-refractivity contribution in [1.82, 2.24) is 4.98 Å². The highest BCUT2D eigenvalue weighted by Gasteiger charge is 2.26. The van der Waals surface area contributed by atoms with Crippen molar-refractivity contribution < 1.29 is 29.2 Å². The van der Waals surface area contributed by atoms with Crippen LogP contribution in [0.3, 0.4) is 0 Å². The maximum atomic E-state index is 13.0. The van der Waals surface area contributed by atoms with Crippen molar-refractivity contribution in [2.45, 2.75) is 25.4 Å². The van der Waals surface area contributed by atoms with E-state index in [4.69, 9.17) is 14.2 Å². The normalized spacial score (nSPS) is 16.6. The molecule has 2 aliphatic rings. The highest BCUT2D eigenvalue weighted by molar-refractivity contribution is 6.06. The summed E-state index contributed by atoms with van der Waals surface area (Å²) in [5, 5.41) is 22.5. The quantitative estimate of drug-likeness (QED) is 0.577. The fourth-order valence-corrected chi connectivity index (χ4v) is 4.08. The molecule has 1 unspecified atom stereocenters. The highest BCUT2D eigenvalue weighted by atomic mass is 16.7.